The van der Waals surface area contributed by atoms with E-state index in [0.717, 1.165) is 22.2 Å². The molecule has 27 heavy (non-hydrogen) atoms. The molecule has 3 rings (SSSR count). The van der Waals surface area contributed by atoms with Gasteiger partial charge in [0, 0.05) is 5.69 Å². The second kappa shape index (κ2) is 7.14. The number of aryl methyl sites for hydroxylation is 1. The smallest absolute Gasteiger partial charge is 0.403 e. The average molecular weight is 379 g/mol. The summed E-state index contributed by atoms with van der Waals surface area (Å²) in [5.41, 5.74) is 8.10. The highest BCUT2D eigenvalue weighted by Crippen LogP contribution is 2.36. The third kappa shape index (κ3) is 4.10. The van der Waals surface area contributed by atoms with Crippen LogP contribution in [0.1, 0.15) is 11.1 Å². The Morgan fingerprint density at radius 1 is 1.22 bits per heavy atom. The van der Waals surface area contributed by atoms with Crippen molar-refractivity contribution in [3.63, 3.8) is 0 Å². The first-order valence-electron chi connectivity index (χ1n) is 7.91. The van der Waals surface area contributed by atoms with E-state index in [1.54, 1.807) is 12.1 Å². The van der Waals surface area contributed by atoms with Gasteiger partial charge < -0.3 is 10.5 Å². The monoisotopic (exact) mass is 379 g/mol. The van der Waals surface area contributed by atoms with Crippen molar-refractivity contribution in [3.8, 4) is 5.75 Å². The van der Waals surface area contributed by atoms with Gasteiger partial charge in [-0.15, -0.1) is 13.2 Å². The summed E-state index contributed by atoms with van der Waals surface area (Å²) in [6, 6.07) is 10.8. The molecule has 142 valence electrons. The lowest BCUT2D eigenvalue weighted by Gasteiger charge is -2.25. The predicted octanol–water partition coefficient (Wildman–Crippen LogP) is 3.61. The number of ether oxygens (including phenoxy) is 1. The largest absolute Gasteiger partial charge is 0.573 e. The fourth-order valence-corrected chi connectivity index (χ4v) is 2.65. The van der Waals surface area contributed by atoms with E-state index in [1.807, 2.05) is 13.0 Å². The highest BCUT2D eigenvalue weighted by atomic mass is 19.4. The van der Waals surface area contributed by atoms with Gasteiger partial charge in [0.2, 0.25) is 0 Å². The van der Waals surface area contributed by atoms with Crippen LogP contribution < -0.4 is 15.5 Å². The Bertz CT molecular complexity index is 872. The number of hydrogen-bond donors (Lipinski definition) is 1. The molecule has 0 saturated heterocycles. The Kier molecular flexibility index (Phi) is 4.89. The summed E-state index contributed by atoms with van der Waals surface area (Å²) in [7, 11) is 0. The van der Waals surface area contributed by atoms with E-state index >= 15 is 0 Å². The van der Waals surface area contributed by atoms with Gasteiger partial charge in [-0.25, -0.2) is 10.0 Å². The number of nitrogens with two attached hydrogens (primary N) is 1. The number of carbonyl (C=O) groups excluding carboxylic acids is 1. The predicted molar refractivity (Wildman–Crippen MR) is 91.4 cm³/mol. The van der Waals surface area contributed by atoms with Gasteiger partial charge in [0.25, 0.3) is 0 Å². The average Bonchev–Trinajstić information content (AvgIpc) is 2.99. The molecular formula is C17H16F3N5O2. The number of carbonyl (C=O) groups is 1. The minimum absolute atomic E-state index is 0.0216. The highest BCUT2D eigenvalue weighted by molar-refractivity contribution is 5.69. The van der Waals surface area contributed by atoms with Crippen LogP contribution >= 0.6 is 0 Å². The minimum atomic E-state index is -4.87. The number of aldehydes is 1. The van der Waals surface area contributed by atoms with E-state index in [9.17, 15) is 18.0 Å². The van der Waals surface area contributed by atoms with Crippen LogP contribution in [0.25, 0.3) is 0 Å². The van der Waals surface area contributed by atoms with Crippen LogP contribution in [0.2, 0.25) is 0 Å². The lowest BCUT2D eigenvalue weighted by Crippen LogP contribution is -2.39. The molecule has 7 nitrogen and oxygen atoms in total. The van der Waals surface area contributed by atoms with E-state index < -0.39 is 18.3 Å². The first-order chi connectivity index (χ1) is 12.8. The van der Waals surface area contributed by atoms with Crippen LogP contribution in [-0.4, -0.2) is 23.8 Å². The molecule has 0 amide bonds. The Balaban J connectivity index is 1.84. The maximum atomic E-state index is 12.6. The van der Waals surface area contributed by atoms with E-state index in [4.69, 9.17) is 5.73 Å². The number of halogens is 3. The summed E-state index contributed by atoms with van der Waals surface area (Å²) in [5.74, 6) is -0.471. The lowest BCUT2D eigenvalue weighted by atomic mass is 10.1. The number of rotatable bonds is 5. The zero-order valence-electron chi connectivity index (χ0n) is 14.2. The Hall–Kier alpha value is -3.30. The third-order valence-electron chi connectivity index (χ3n) is 3.95. The Labute approximate surface area is 152 Å². The van der Waals surface area contributed by atoms with E-state index in [2.05, 4.69) is 15.2 Å². The standard InChI is InChI=1S/C17H16F3N5O2/c1-11-8-12(6-7-13(11)21)9-24-16(10-26)25(23-22-24)14-4-2-3-5-15(14)27-17(18,19)20/h2-8,10,16H,9,21H2,1H3. The zero-order chi connectivity index (χ0) is 19.6. The van der Waals surface area contributed by atoms with Gasteiger partial charge in [0.1, 0.15) is 5.69 Å². The number of hydrogen-bond acceptors (Lipinski definition) is 7. The maximum Gasteiger partial charge on any atom is 0.573 e. The summed E-state index contributed by atoms with van der Waals surface area (Å²) in [6.45, 7) is 2.07. The molecule has 1 heterocycles. The first kappa shape index (κ1) is 18.5. The first-order valence-corrected chi connectivity index (χ1v) is 7.91. The normalized spacial score (nSPS) is 16.7. The second-order valence-electron chi connectivity index (χ2n) is 5.88. The van der Waals surface area contributed by atoms with Crippen molar-refractivity contribution in [2.45, 2.75) is 26.0 Å². The van der Waals surface area contributed by atoms with E-state index in [-0.39, 0.29) is 12.2 Å². The molecule has 1 atom stereocenters. The van der Waals surface area contributed by atoms with Crippen LogP contribution in [0.3, 0.4) is 0 Å². The molecule has 0 radical (unpaired) electrons. The molecule has 2 aromatic rings. The number of anilines is 2. The number of para-hydroxylation sites is 2. The summed E-state index contributed by atoms with van der Waals surface area (Å²) in [4.78, 5) is 11.6. The van der Waals surface area contributed by atoms with Gasteiger partial charge in [-0.2, -0.15) is 0 Å². The Morgan fingerprint density at radius 2 is 1.96 bits per heavy atom. The Morgan fingerprint density at radius 3 is 2.63 bits per heavy atom. The van der Waals surface area contributed by atoms with Gasteiger partial charge in [0.15, 0.2) is 18.2 Å². The van der Waals surface area contributed by atoms with Crippen molar-refractivity contribution >= 4 is 17.7 Å². The zero-order valence-corrected chi connectivity index (χ0v) is 14.2. The topological polar surface area (TPSA) is 83.5 Å². The fourth-order valence-electron chi connectivity index (χ4n) is 2.65. The van der Waals surface area contributed by atoms with Crippen molar-refractivity contribution < 1.29 is 22.7 Å². The molecular weight excluding hydrogens is 363 g/mol. The molecule has 1 unspecified atom stereocenters. The van der Waals surface area contributed by atoms with Crippen molar-refractivity contribution in [2.24, 2.45) is 10.4 Å². The molecule has 0 spiro atoms. The van der Waals surface area contributed by atoms with Gasteiger partial charge >= 0.3 is 6.36 Å². The summed E-state index contributed by atoms with van der Waals surface area (Å²) in [6.07, 6.45) is -5.33. The van der Waals surface area contributed by atoms with E-state index in [1.165, 1.54) is 23.2 Å². The molecule has 0 fully saturated rings. The molecule has 0 aromatic heterocycles. The van der Waals surface area contributed by atoms with Crippen molar-refractivity contribution in [3.05, 3.63) is 53.6 Å². The number of alkyl halides is 3. The molecule has 2 aromatic carbocycles. The highest BCUT2D eigenvalue weighted by Gasteiger charge is 2.36. The molecule has 10 heteroatoms. The van der Waals surface area contributed by atoms with Crippen LogP contribution in [0, 0.1) is 6.92 Å². The van der Waals surface area contributed by atoms with E-state index in [0.29, 0.717) is 12.0 Å². The van der Waals surface area contributed by atoms with Gasteiger partial charge in [0.05, 0.1) is 6.54 Å². The van der Waals surface area contributed by atoms with Crippen LogP contribution in [0.4, 0.5) is 24.5 Å². The van der Waals surface area contributed by atoms with Gasteiger partial charge in [-0.3, -0.25) is 4.79 Å². The number of benzene rings is 2. The molecule has 1 aliphatic heterocycles. The third-order valence-corrected chi connectivity index (χ3v) is 3.95. The minimum Gasteiger partial charge on any atom is -0.403 e. The molecule has 0 aliphatic carbocycles. The molecule has 0 bridgehead atoms. The van der Waals surface area contributed by atoms with Crippen LogP contribution in [0.15, 0.2) is 52.9 Å². The second-order valence-corrected chi connectivity index (χ2v) is 5.88. The maximum absolute atomic E-state index is 12.6. The van der Waals surface area contributed by atoms with Gasteiger partial charge in [-0.1, -0.05) is 29.5 Å². The molecule has 0 saturated carbocycles. The molecule has 1 aliphatic rings. The SMILES string of the molecule is Cc1cc(CN2N=NN(c3ccccc3OC(F)(F)F)C2C=O)ccc1N. The number of nitrogens with zero attached hydrogens (tertiary/aromatic N) is 4. The van der Waals surface area contributed by atoms with Crippen LogP contribution in [-0.2, 0) is 11.3 Å². The quantitative estimate of drug-likeness (QED) is 0.634. The summed E-state index contributed by atoms with van der Waals surface area (Å²) < 4.78 is 41.9. The van der Waals surface area contributed by atoms with Gasteiger partial charge in [-0.05, 0) is 41.5 Å². The number of nitrogen functional groups attached to an aromatic ring is 1. The van der Waals surface area contributed by atoms with Crippen molar-refractivity contribution in [1.82, 2.24) is 5.01 Å². The van der Waals surface area contributed by atoms with Crippen LogP contribution in [0.5, 0.6) is 5.75 Å². The fraction of sp³-hybridized carbons (Fsp3) is 0.235. The summed E-state index contributed by atoms with van der Waals surface area (Å²) in [5, 5.41) is 10.2. The van der Waals surface area contributed by atoms with Crippen molar-refractivity contribution in [1.29, 1.82) is 0 Å². The summed E-state index contributed by atoms with van der Waals surface area (Å²) >= 11 is 0. The lowest BCUT2D eigenvalue weighted by molar-refractivity contribution is -0.274. The molecule has 2 N–H and O–H groups in total. The van der Waals surface area contributed by atoms with Crippen molar-refractivity contribution in [2.75, 3.05) is 10.7 Å².